The zero-order valence-corrected chi connectivity index (χ0v) is 12.5. The van der Waals surface area contributed by atoms with E-state index in [0.29, 0.717) is 5.92 Å². The van der Waals surface area contributed by atoms with E-state index >= 15 is 0 Å². The van der Waals surface area contributed by atoms with Gasteiger partial charge in [-0.05, 0) is 44.4 Å². The van der Waals surface area contributed by atoms with Crippen LogP contribution in [0, 0.1) is 11.8 Å². The highest BCUT2D eigenvalue weighted by molar-refractivity contribution is 5.74. The normalized spacial score (nSPS) is 24.8. The average Bonchev–Trinajstić information content (AvgIpc) is 2.43. The van der Waals surface area contributed by atoms with Crippen molar-refractivity contribution in [3.05, 3.63) is 0 Å². The quantitative estimate of drug-likeness (QED) is 0.666. The van der Waals surface area contributed by atoms with Crippen molar-refractivity contribution in [3.8, 4) is 0 Å². The second-order valence-corrected chi connectivity index (χ2v) is 5.92. The molecule has 1 fully saturated rings. The van der Waals surface area contributed by atoms with Gasteiger partial charge in [0.05, 0.1) is 0 Å². The predicted octanol–water partition coefficient (Wildman–Crippen LogP) is 2.66. The van der Waals surface area contributed by atoms with Crippen LogP contribution in [0.5, 0.6) is 0 Å². The molecule has 1 saturated carbocycles. The van der Waals surface area contributed by atoms with Gasteiger partial charge in [-0.2, -0.15) is 0 Å². The van der Waals surface area contributed by atoms with Crippen molar-refractivity contribution < 1.29 is 9.90 Å². The highest BCUT2D eigenvalue weighted by Gasteiger charge is 2.20. The lowest BCUT2D eigenvalue weighted by Gasteiger charge is -2.28. The molecule has 1 aliphatic rings. The summed E-state index contributed by atoms with van der Waals surface area (Å²) in [6, 6.07) is 0.0611. The Morgan fingerprint density at radius 2 is 1.89 bits per heavy atom. The Bertz CT molecular complexity index is 251. The zero-order valence-electron chi connectivity index (χ0n) is 12.5. The molecule has 1 unspecified atom stereocenters. The van der Waals surface area contributed by atoms with E-state index in [-0.39, 0.29) is 18.7 Å². The molecule has 0 saturated heterocycles. The van der Waals surface area contributed by atoms with Crippen molar-refractivity contribution in [1.29, 1.82) is 0 Å². The summed E-state index contributed by atoms with van der Waals surface area (Å²) in [5, 5.41) is 14.6. The van der Waals surface area contributed by atoms with E-state index < -0.39 is 0 Å². The van der Waals surface area contributed by atoms with Gasteiger partial charge in [0, 0.05) is 19.2 Å². The summed E-state index contributed by atoms with van der Waals surface area (Å²) < 4.78 is 0. The molecule has 0 aliphatic heterocycles. The van der Waals surface area contributed by atoms with Gasteiger partial charge in [-0.15, -0.1) is 0 Å². The van der Waals surface area contributed by atoms with Gasteiger partial charge in [0.15, 0.2) is 0 Å². The number of carbonyl (C=O) groups is 1. The number of aliphatic hydroxyl groups is 1. The number of hydrogen-bond donors (Lipinski definition) is 3. The minimum atomic E-state index is -0.0666. The van der Waals surface area contributed by atoms with E-state index in [1.165, 1.54) is 32.1 Å². The molecule has 1 rings (SSSR count). The molecule has 4 nitrogen and oxygen atoms in total. The molecule has 0 radical (unpaired) electrons. The molecule has 0 spiro atoms. The first kappa shape index (κ1) is 16.3. The molecule has 0 aromatic heterocycles. The van der Waals surface area contributed by atoms with E-state index in [1.807, 2.05) is 6.92 Å². The first-order valence-corrected chi connectivity index (χ1v) is 7.80. The highest BCUT2D eigenvalue weighted by atomic mass is 16.3. The monoisotopic (exact) mass is 270 g/mol. The summed E-state index contributed by atoms with van der Waals surface area (Å²) in [5.74, 6) is 1.56. The van der Waals surface area contributed by atoms with Crippen molar-refractivity contribution >= 4 is 6.03 Å². The van der Waals surface area contributed by atoms with Gasteiger partial charge >= 0.3 is 6.03 Å². The largest absolute Gasteiger partial charge is 0.396 e. The highest BCUT2D eigenvalue weighted by Crippen LogP contribution is 2.29. The molecule has 1 aliphatic carbocycles. The van der Waals surface area contributed by atoms with E-state index in [1.54, 1.807) is 0 Å². The zero-order chi connectivity index (χ0) is 14.1. The van der Waals surface area contributed by atoms with Gasteiger partial charge in [-0.3, -0.25) is 0 Å². The molecule has 3 N–H and O–H groups in total. The SMILES string of the molecule is CCC1CCC(CNC(=O)NC(C)CCCO)CC1. The Labute approximate surface area is 117 Å². The lowest BCUT2D eigenvalue weighted by Crippen LogP contribution is -2.43. The second kappa shape index (κ2) is 9.18. The lowest BCUT2D eigenvalue weighted by atomic mass is 9.81. The van der Waals surface area contributed by atoms with Crippen molar-refractivity contribution in [2.24, 2.45) is 11.8 Å². The maximum atomic E-state index is 11.7. The number of nitrogens with one attached hydrogen (secondary N) is 2. The third-order valence-electron chi connectivity index (χ3n) is 4.27. The van der Waals surface area contributed by atoms with Crippen molar-refractivity contribution in [2.75, 3.05) is 13.2 Å². The summed E-state index contributed by atoms with van der Waals surface area (Å²) in [4.78, 5) is 11.7. The number of rotatable bonds is 7. The minimum absolute atomic E-state index is 0.0666. The number of carbonyl (C=O) groups excluding carboxylic acids is 1. The Hall–Kier alpha value is -0.770. The van der Waals surface area contributed by atoms with Gasteiger partial charge in [0.2, 0.25) is 0 Å². The van der Waals surface area contributed by atoms with Crippen LogP contribution in [0.2, 0.25) is 0 Å². The molecular formula is C15H30N2O2. The Kier molecular flexibility index (Phi) is 7.87. The first-order valence-electron chi connectivity index (χ1n) is 7.80. The smallest absolute Gasteiger partial charge is 0.315 e. The van der Waals surface area contributed by atoms with Gasteiger partial charge in [0.25, 0.3) is 0 Å². The third kappa shape index (κ3) is 6.81. The van der Waals surface area contributed by atoms with Gasteiger partial charge < -0.3 is 15.7 Å². The summed E-state index contributed by atoms with van der Waals surface area (Å²) in [6.07, 6.45) is 7.99. The minimum Gasteiger partial charge on any atom is -0.396 e. The van der Waals surface area contributed by atoms with Crippen molar-refractivity contribution in [1.82, 2.24) is 10.6 Å². The predicted molar refractivity (Wildman–Crippen MR) is 78.1 cm³/mol. The summed E-state index contributed by atoms with van der Waals surface area (Å²) in [5.41, 5.74) is 0. The fourth-order valence-electron chi connectivity index (χ4n) is 2.83. The first-order chi connectivity index (χ1) is 9.15. The maximum Gasteiger partial charge on any atom is 0.315 e. The van der Waals surface area contributed by atoms with Crippen LogP contribution in [0.25, 0.3) is 0 Å². The fourth-order valence-corrected chi connectivity index (χ4v) is 2.83. The van der Waals surface area contributed by atoms with Crippen molar-refractivity contribution in [2.45, 2.75) is 64.8 Å². The Morgan fingerprint density at radius 3 is 2.47 bits per heavy atom. The molecule has 0 bridgehead atoms. The molecule has 1 atom stereocenters. The fraction of sp³-hybridized carbons (Fsp3) is 0.933. The number of hydrogen-bond acceptors (Lipinski definition) is 2. The maximum absolute atomic E-state index is 11.7. The topological polar surface area (TPSA) is 61.4 Å². The van der Waals surface area contributed by atoms with E-state index in [9.17, 15) is 4.79 Å². The Morgan fingerprint density at radius 1 is 1.26 bits per heavy atom. The second-order valence-electron chi connectivity index (χ2n) is 5.92. The molecular weight excluding hydrogens is 240 g/mol. The van der Waals surface area contributed by atoms with Gasteiger partial charge in [-0.25, -0.2) is 4.79 Å². The summed E-state index contributed by atoms with van der Waals surface area (Å²) in [6.45, 7) is 5.23. The average molecular weight is 270 g/mol. The van der Waals surface area contributed by atoms with E-state index in [2.05, 4.69) is 17.6 Å². The van der Waals surface area contributed by atoms with Crippen molar-refractivity contribution in [3.63, 3.8) is 0 Å². The molecule has 4 heteroatoms. The molecule has 19 heavy (non-hydrogen) atoms. The van der Waals surface area contributed by atoms with Crippen LogP contribution in [-0.4, -0.2) is 30.3 Å². The van der Waals surface area contributed by atoms with Gasteiger partial charge in [0.1, 0.15) is 0 Å². The van der Waals surface area contributed by atoms with Crippen LogP contribution >= 0.6 is 0 Å². The van der Waals surface area contributed by atoms with Gasteiger partial charge in [-0.1, -0.05) is 26.2 Å². The van der Waals surface area contributed by atoms with Crippen LogP contribution in [-0.2, 0) is 0 Å². The standard InChI is InChI=1S/C15H30N2O2/c1-3-13-6-8-14(9-7-13)11-16-15(19)17-12(2)5-4-10-18/h12-14,18H,3-11H2,1-2H3,(H2,16,17,19). The molecule has 112 valence electrons. The lowest BCUT2D eigenvalue weighted by molar-refractivity contribution is 0.225. The molecule has 0 heterocycles. The van der Waals surface area contributed by atoms with Crippen LogP contribution in [0.4, 0.5) is 4.79 Å². The summed E-state index contributed by atoms with van der Waals surface area (Å²) in [7, 11) is 0. The van der Waals surface area contributed by atoms with Crippen LogP contribution in [0.3, 0.4) is 0 Å². The van der Waals surface area contributed by atoms with Crippen LogP contribution in [0.15, 0.2) is 0 Å². The van der Waals surface area contributed by atoms with Crippen LogP contribution in [0.1, 0.15) is 58.8 Å². The molecule has 0 aromatic carbocycles. The summed E-state index contributed by atoms with van der Waals surface area (Å²) >= 11 is 0. The third-order valence-corrected chi connectivity index (χ3v) is 4.27. The van der Waals surface area contributed by atoms with E-state index in [4.69, 9.17) is 5.11 Å². The molecule has 2 amide bonds. The van der Waals surface area contributed by atoms with Crippen LogP contribution < -0.4 is 10.6 Å². The Balaban J connectivity index is 2.10. The number of urea groups is 1. The molecule has 0 aromatic rings. The number of aliphatic hydroxyl groups excluding tert-OH is 1. The van der Waals surface area contributed by atoms with E-state index in [0.717, 1.165) is 25.3 Å². The number of amides is 2.